The van der Waals surface area contributed by atoms with E-state index in [0.29, 0.717) is 28.3 Å². The molecule has 130 valence electrons. The number of hydrogen-bond acceptors (Lipinski definition) is 7. The van der Waals surface area contributed by atoms with E-state index in [0.717, 1.165) is 0 Å². The maximum absolute atomic E-state index is 12.2. The molecule has 1 aromatic carbocycles. The van der Waals surface area contributed by atoms with Crippen LogP contribution in [-0.2, 0) is 11.4 Å². The van der Waals surface area contributed by atoms with E-state index in [1.165, 1.54) is 12.4 Å². The molecule has 8 nitrogen and oxygen atoms in total. The molecule has 1 unspecified atom stereocenters. The van der Waals surface area contributed by atoms with Crippen LogP contribution in [0.5, 0.6) is 17.2 Å². The van der Waals surface area contributed by atoms with Crippen LogP contribution >= 0.6 is 0 Å². The Morgan fingerprint density at radius 3 is 2.96 bits per heavy atom. The van der Waals surface area contributed by atoms with Crippen molar-refractivity contribution in [2.75, 3.05) is 6.61 Å². The predicted molar refractivity (Wildman–Crippen MR) is 88.7 cm³/mol. The van der Waals surface area contributed by atoms with Crippen LogP contribution in [0, 0.1) is 6.92 Å². The van der Waals surface area contributed by atoms with E-state index in [2.05, 4.69) is 15.5 Å². The maximum atomic E-state index is 12.2. The van der Waals surface area contributed by atoms with Crippen LogP contribution in [0.25, 0.3) is 0 Å². The number of nitrogens with zero attached hydrogens (tertiary/aromatic N) is 2. The van der Waals surface area contributed by atoms with Crippen molar-refractivity contribution in [3.05, 3.63) is 47.3 Å². The predicted octanol–water partition coefficient (Wildman–Crippen LogP) is 0.878. The van der Waals surface area contributed by atoms with Gasteiger partial charge in [0.25, 0.3) is 5.91 Å². The molecule has 0 bridgehead atoms. The largest absolute Gasteiger partial charge is 0.505 e. The Kier molecular flexibility index (Phi) is 4.80. The average Bonchev–Trinajstić information content (AvgIpc) is 2.64. The van der Waals surface area contributed by atoms with Gasteiger partial charge in [-0.3, -0.25) is 9.78 Å². The number of rotatable bonds is 4. The number of aromatic hydroxyl groups is 1. The topological polar surface area (TPSA) is 113 Å². The quantitative estimate of drug-likeness (QED) is 0.561. The molecular weight excluding hydrogens is 326 g/mol. The smallest absolute Gasteiger partial charge is 0.284 e. The first kappa shape index (κ1) is 16.7. The third kappa shape index (κ3) is 3.53. The number of aliphatic hydroxyl groups is 1. The van der Waals surface area contributed by atoms with Gasteiger partial charge in [0.15, 0.2) is 11.5 Å². The number of nitrogens with one attached hydrogen (secondary N) is 1. The number of aryl methyl sites for hydroxylation is 1. The lowest BCUT2D eigenvalue weighted by atomic mass is 10.1. The molecule has 3 rings (SSSR count). The highest BCUT2D eigenvalue weighted by Gasteiger charge is 2.27. The Balaban J connectivity index is 1.67. The number of hydrazone groups is 1. The van der Waals surface area contributed by atoms with Crippen LogP contribution in [0.15, 0.2) is 35.6 Å². The van der Waals surface area contributed by atoms with Gasteiger partial charge < -0.3 is 19.7 Å². The summed E-state index contributed by atoms with van der Waals surface area (Å²) in [6.45, 7) is 1.38. The SMILES string of the molecule is Cc1ncc(CO)c(/C=N/NC(=O)C2COc3ccccc3O2)c1O. The molecule has 0 aliphatic carbocycles. The van der Waals surface area contributed by atoms with Gasteiger partial charge in [0.1, 0.15) is 12.4 Å². The number of fused-ring (bicyclic) bond motifs is 1. The van der Waals surface area contributed by atoms with Gasteiger partial charge in [-0.05, 0) is 19.1 Å². The summed E-state index contributed by atoms with van der Waals surface area (Å²) in [4.78, 5) is 16.1. The zero-order chi connectivity index (χ0) is 17.8. The number of carbonyl (C=O) groups is 1. The highest BCUT2D eigenvalue weighted by atomic mass is 16.6. The molecule has 1 aliphatic rings. The van der Waals surface area contributed by atoms with E-state index in [1.54, 1.807) is 25.1 Å². The van der Waals surface area contributed by atoms with Gasteiger partial charge in [-0.25, -0.2) is 5.43 Å². The fraction of sp³-hybridized carbons (Fsp3) is 0.235. The molecule has 8 heteroatoms. The number of para-hydroxylation sites is 2. The van der Waals surface area contributed by atoms with Gasteiger partial charge in [0.2, 0.25) is 6.10 Å². The maximum Gasteiger partial charge on any atom is 0.284 e. The van der Waals surface area contributed by atoms with Crippen LogP contribution in [0.3, 0.4) is 0 Å². The molecule has 0 saturated carbocycles. The van der Waals surface area contributed by atoms with Gasteiger partial charge in [0, 0.05) is 17.3 Å². The number of aromatic nitrogens is 1. The van der Waals surface area contributed by atoms with Gasteiger partial charge in [-0.2, -0.15) is 5.10 Å². The Morgan fingerprint density at radius 1 is 1.44 bits per heavy atom. The van der Waals surface area contributed by atoms with E-state index >= 15 is 0 Å². The molecule has 0 radical (unpaired) electrons. The summed E-state index contributed by atoms with van der Waals surface area (Å²) in [5.74, 6) is 0.486. The van der Waals surface area contributed by atoms with E-state index in [-0.39, 0.29) is 19.0 Å². The molecular formula is C17H17N3O5. The third-order valence-corrected chi connectivity index (χ3v) is 3.70. The van der Waals surface area contributed by atoms with Gasteiger partial charge in [-0.1, -0.05) is 12.1 Å². The summed E-state index contributed by atoms with van der Waals surface area (Å²) in [7, 11) is 0. The lowest BCUT2D eigenvalue weighted by Crippen LogP contribution is -2.42. The Labute approximate surface area is 143 Å². The number of pyridine rings is 1. The number of carbonyl (C=O) groups excluding carboxylic acids is 1. The van der Waals surface area contributed by atoms with Gasteiger partial charge >= 0.3 is 0 Å². The fourth-order valence-corrected chi connectivity index (χ4v) is 2.30. The van der Waals surface area contributed by atoms with Crippen molar-refractivity contribution in [1.82, 2.24) is 10.4 Å². The van der Waals surface area contributed by atoms with E-state index < -0.39 is 12.0 Å². The highest BCUT2D eigenvalue weighted by molar-refractivity contribution is 5.88. The highest BCUT2D eigenvalue weighted by Crippen LogP contribution is 2.30. The second kappa shape index (κ2) is 7.18. The molecule has 0 saturated heterocycles. The van der Waals surface area contributed by atoms with Gasteiger partial charge in [0.05, 0.1) is 18.5 Å². The molecule has 1 aliphatic heterocycles. The minimum absolute atomic E-state index is 0.0693. The fourth-order valence-electron chi connectivity index (χ4n) is 2.30. The van der Waals surface area contributed by atoms with Crippen LogP contribution in [0.1, 0.15) is 16.8 Å². The molecule has 0 fully saturated rings. The molecule has 2 heterocycles. The summed E-state index contributed by atoms with van der Waals surface area (Å²) in [6.07, 6.45) is 1.86. The van der Waals surface area contributed by atoms with E-state index in [9.17, 15) is 15.0 Å². The van der Waals surface area contributed by atoms with Crippen LogP contribution in [0.2, 0.25) is 0 Å². The molecule has 3 N–H and O–H groups in total. The number of ether oxygens (including phenoxy) is 2. The van der Waals surface area contributed by atoms with Crippen molar-refractivity contribution in [1.29, 1.82) is 0 Å². The van der Waals surface area contributed by atoms with Crippen LogP contribution < -0.4 is 14.9 Å². The average molecular weight is 343 g/mol. The molecule has 25 heavy (non-hydrogen) atoms. The molecule has 1 amide bonds. The molecule has 1 aromatic heterocycles. The van der Waals surface area contributed by atoms with E-state index in [1.807, 2.05) is 6.07 Å². The van der Waals surface area contributed by atoms with E-state index in [4.69, 9.17) is 9.47 Å². The third-order valence-electron chi connectivity index (χ3n) is 3.70. The van der Waals surface area contributed by atoms with Crippen molar-refractivity contribution in [3.63, 3.8) is 0 Å². The van der Waals surface area contributed by atoms with Crippen LogP contribution in [-0.4, -0.2) is 40.0 Å². The summed E-state index contributed by atoms with van der Waals surface area (Å²) in [5.41, 5.74) is 3.42. The number of benzene rings is 1. The second-order valence-corrected chi connectivity index (χ2v) is 5.39. The monoisotopic (exact) mass is 343 g/mol. The zero-order valence-corrected chi connectivity index (χ0v) is 13.5. The first-order valence-corrected chi connectivity index (χ1v) is 7.60. The minimum atomic E-state index is -0.836. The van der Waals surface area contributed by atoms with Crippen molar-refractivity contribution >= 4 is 12.1 Å². The van der Waals surface area contributed by atoms with Crippen molar-refractivity contribution in [2.24, 2.45) is 5.10 Å². The molecule has 2 aromatic rings. The van der Waals surface area contributed by atoms with Crippen molar-refractivity contribution in [3.8, 4) is 17.2 Å². The molecule has 1 atom stereocenters. The summed E-state index contributed by atoms with van der Waals surface area (Å²) in [5, 5.41) is 23.1. The summed E-state index contributed by atoms with van der Waals surface area (Å²) >= 11 is 0. The van der Waals surface area contributed by atoms with Crippen LogP contribution in [0.4, 0.5) is 0 Å². The minimum Gasteiger partial charge on any atom is -0.505 e. The second-order valence-electron chi connectivity index (χ2n) is 5.39. The lowest BCUT2D eigenvalue weighted by molar-refractivity contribution is -0.130. The zero-order valence-electron chi connectivity index (χ0n) is 13.5. The Bertz CT molecular complexity index is 822. The first-order valence-electron chi connectivity index (χ1n) is 7.60. The standard InChI is InChI=1S/C17H17N3O5/c1-10-16(22)12(11(8-21)6-18-10)7-19-20-17(23)15-9-24-13-4-2-3-5-14(13)25-15/h2-7,15,21-22H,8-9H2,1H3,(H,20,23)/b19-7+. The molecule has 0 spiro atoms. The summed E-state index contributed by atoms with van der Waals surface area (Å²) < 4.78 is 11.0. The number of amides is 1. The Morgan fingerprint density at radius 2 is 2.20 bits per heavy atom. The Hall–Kier alpha value is -3.13. The number of hydrogen-bond donors (Lipinski definition) is 3. The lowest BCUT2D eigenvalue weighted by Gasteiger charge is -2.24. The van der Waals surface area contributed by atoms with Gasteiger partial charge in [-0.15, -0.1) is 0 Å². The first-order chi connectivity index (χ1) is 12.1. The number of aliphatic hydroxyl groups excluding tert-OH is 1. The van der Waals surface area contributed by atoms with Crippen molar-refractivity contribution < 1.29 is 24.5 Å². The normalized spacial score (nSPS) is 16.0. The van der Waals surface area contributed by atoms with Crippen molar-refractivity contribution in [2.45, 2.75) is 19.6 Å². The summed E-state index contributed by atoms with van der Waals surface area (Å²) in [6, 6.07) is 7.07.